The maximum absolute atomic E-state index is 11.0. The topological polar surface area (TPSA) is 26.3 Å². The fourth-order valence-electron chi connectivity index (χ4n) is 1.30. The predicted molar refractivity (Wildman–Crippen MR) is 68.3 cm³/mol. The average molecular weight is 224 g/mol. The number of hydrogen-bond acceptors (Lipinski definition) is 2. The molecule has 0 aromatic rings. The van der Waals surface area contributed by atoms with Crippen molar-refractivity contribution in [3.8, 4) is 0 Å². The summed E-state index contributed by atoms with van der Waals surface area (Å²) in [6.07, 6.45) is 6.64. The monoisotopic (exact) mass is 224 g/mol. The number of unbranched alkanes of at least 4 members (excludes halogenated alkanes) is 3. The molecule has 0 radical (unpaired) electrons. The second-order valence-corrected chi connectivity index (χ2v) is 4.18. The van der Waals surface area contributed by atoms with E-state index in [0.717, 1.165) is 25.7 Å². The van der Waals surface area contributed by atoms with Gasteiger partial charge in [0, 0.05) is 5.57 Å². The molecule has 16 heavy (non-hydrogen) atoms. The van der Waals surface area contributed by atoms with Gasteiger partial charge < -0.3 is 4.74 Å². The molecule has 0 aliphatic heterocycles. The molecule has 0 N–H and O–H groups in total. The summed E-state index contributed by atoms with van der Waals surface area (Å²) in [7, 11) is 0. The Kier molecular flexibility index (Phi) is 8.59. The number of carbonyl (C=O) groups excluding carboxylic acids is 1. The highest BCUT2D eigenvalue weighted by atomic mass is 16.5. The van der Waals surface area contributed by atoms with Gasteiger partial charge in [0.15, 0.2) is 0 Å². The summed E-state index contributed by atoms with van der Waals surface area (Å²) in [6.45, 7) is 11.8. The zero-order valence-electron chi connectivity index (χ0n) is 10.7. The summed E-state index contributed by atoms with van der Waals surface area (Å²) in [5, 5.41) is 0. The molecule has 2 heteroatoms. The molecule has 0 unspecified atom stereocenters. The van der Waals surface area contributed by atoms with E-state index >= 15 is 0 Å². The van der Waals surface area contributed by atoms with Crippen molar-refractivity contribution in [2.75, 3.05) is 6.61 Å². The van der Waals surface area contributed by atoms with E-state index in [1.165, 1.54) is 18.4 Å². The highest BCUT2D eigenvalue weighted by Crippen LogP contribution is 2.11. The molecule has 0 saturated carbocycles. The molecule has 0 aliphatic rings. The average Bonchev–Trinajstić information content (AvgIpc) is 2.26. The van der Waals surface area contributed by atoms with Crippen molar-refractivity contribution in [1.82, 2.24) is 0 Å². The van der Waals surface area contributed by atoms with E-state index in [2.05, 4.69) is 20.1 Å². The van der Waals surface area contributed by atoms with Crippen LogP contribution in [0.2, 0.25) is 0 Å². The van der Waals surface area contributed by atoms with Crippen LogP contribution in [0.3, 0.4) is 0 Å². The summed E-state index contributed by atoms with van der Waals surface area (Å²) in [5.74, 6) is -0.278. The molecule has 0 bridgehead atoms. The molecule has 0 rings (SSSR count). The van der Waals surface area contributed by atoms with Gasteiger partial charge in [0.2, 0.25) is 0 Å². The molecular weight excluding hydrogens is 200 g/mol. The lowest BCUT2D eigenvalue weighted by atomic mass is 10.1. The fourth-order valence-corrected chi connectivity index (χ4v) is 1.30. The highest BCUT2D eigenvalue weighted by Gasteiger charge is 2.01. The third kappa shape index (κ3) is 8.27. The molecule has 0 amide bonds. The Hall–Kier alpha value is -1.05. The number of ether oxygens (including phenoxy) is 1. The predicted octanol–water partition coefficient (Wildman–Crippen LogP) is 4.02. The third-order valence-corrected chi connectivity index (χ3v) is 2.51. The van der Waals surface area contributed by atoms with Gasteiger partial charge in [-0.25, -0.2) is 4.79 Å². The maximum Gasteiger partial charge on any atom is 0.333 e. The summed E-state index contributed by atoms with van der Waals surface area (Å²) in [6, 6.07) is 0. The van der Waals surface area contributed by atoms with Crippen LogP contribution in [-0.2, 0) is 9.53 Å². The first-order valence-corrected chi connectivity index (χ1v) is 6.07. The second-order valence-electron chi connectivity index (χ2n) is 4.18. The van der Waals surface area contributed by atoms with Gasteiger partial charge in [0.05, 0.1) is 6.61 Å². The first-order chi connectivity index (χ1) is 7.57. The van der Waals surface area contributed by atoms with Crippen LogP contribution in [0.1, 0.15) is 52.4 Å². The lowest BCUT2D eigenvalue weighted by Gasteiger charge is -2.04. The molecule has 0 fully saturated rings. The molecule has 2 nitrogen and oxygen atoms in total. The summed E-state index contributed by atoms with van der Waals surface area (Å²) < 4.78 is 5.00. The van der Waals surface area contributed by atoms with Gasteiger partial charge in [-0.05, 0) is 32.6 Å². The Bertz CT molecular complexity index is 241. The van der Waals surface area contributed by atoms with Crippen molar-refractivity contribution in [2.45, 2.75) is 52.4 Å². The Labute approximate surface area is 99.4 Å². The summed E-state index contributed by atoms with van der Waals surface area (Å²) >= 11 is 0. The molecule has 92 valence electrons. The van der Waals surface area contributed by atoms with E-state index in [-0.39, 0.29) is 5.97 Å². The summed E-state index contributed by atoms with van der Waals surface area (Å²) in [4.78, 5) is 11.0. The first kappa shape index (κ1) is 14.9. The Morgan fingerprint density at radius 1 is 1.12 bits per heavy atom. The number of carbonyl (C=O) groups is 1. The Morgan fingerprint density at radius 3 is 2.31 bits per heavy atom. The van der Waals surface area contributed by atoms with Crippen LogP contribution in [0.25, 0.3) is 0 Å². The van der Waals surface area contributed by atoms with Crippen LogP contribution in [0.5, 0.6) is 0 Å². The van der Waals surface area contributed by atoms with Crippen LogP contribution >= 0.6 is 0 Å². The van der Waals surface area contributed by atoms with Gasteiger partial charge in [-0.3, -0.25) is 0 Å². The number of allylic oxidation sites excluding steroid dienone is 1. The van der Waals surface area contributed by atoms with E-state index in [0.29, 0.717) is 12.2 Å². The molecule has 0 saturated heterocycles. The first-order valence-electron chi connectivity index (χ1n) is 6.07. The quantitative estimate of drug-likeness (QED) is 0.256. The van der Waals surface area contributed by atoms with Crippen molar-refractivity contribution < 1.29 is 9.53 Å². The van der Waals surface area contributed by atoms with Crippen LogP contribution in [0.4, 0.5) is 0 Å². The van der Waals surface area contributed by atoms with Crippen LogP contribution in [0.15, 0.2) is 24.3 Å². The lowest BCUT2D eigenvalue weighted by Crippen LogP contribution is -2.05. The minimum absolute atomic E-state index is 0.278. The van der Waals surface area contributed by atoms with Gasteiger partial charge >= 0.3 is 5.97 Å². The third-order valence-electron chi connectivity index (χ3n) is 2.51. The van der Waals surface area contributed by atoms with Gasteiger partial charge in [0.1, 0.15) is 0 Å². The Morgan fingerprint density at radius 2 is 1.75 bits per heavy atom. The Balaban J connectivity index is 3.25. The van der Waals surface area contributed by atoms with Gasteiger partial charge in [-0.1, -0.05) is 38.5 Å². The SMILES string of the molecule is C=C(CC)CCCCCCOC(=O)C(=C)C. The molecular formula is C14H24O2. The minimum Gasteiger partial charge on any atom is -0.462 e. The van der Waals surface area contributed by atoms with Crippen molar-refractivity contribution in [3.63, 3.8) is 0 Å². The molecule has 0 atom stereocenters. The lowest BCUT2D eigenvalue weighted by molar-refractivity contribution is -0.139. The molecule has 0 aliphatic carbocycles. The minimum atomic E-state index is -0.278. The standard InChI is InChI=1S/C14H24O2/c1-5-13(4)10-8-6-7-9-11-16-14(15)12(2)3/h2,4-11H2,1,3H3. The van der Waals surface area contributed by atoms with E-state index in [1.807, 2.05) is 0 Å². The zero-order valence-corrected chi connectivity index (χ0v) is 10.7. The fraction of sp³-hybridized carbons (Fsp3) is 0.643. The molecule has 0 heterocycles. The van der Waals surface area contributed by atoms with E-state index in [9.17, 15) is 4.79 Å². The van der Waals surface area contributed by atoms with Crippen LogP contribution < -0.4 is 0 Å². The van der Waals surface area contributed by atoms with Crippen molar-refractivity contribution in [3.05, 3.63) is 24.3 Å². The number of hydrogen-bond donors (Lipinski definition) is 0. The van der Waals surface area contributed by atoms with Gasteiger partial charge in [0.25, 0.3) is 0 Å². The van der Waals surface area contributed by atoms with E-state index in [1.54, 1.807) is 6.92 Å². The van der Waals surface area contributed by atoms with Crippen LogP contribution in [-0.4, -0.2) is 12.6 Å². The van der Waals surface area contributed by atoms with Crippen molar-refractivity contribution in [2.24, 2.45) is 0 Å². The largest absolute Gasteiger partial charge is 0.462 e. The van der Waals surface area contributed by atoms with Gasteiger partial charge in [-0.15, -0.1) is 0 Å². The second kappa shape index (κ2) is 9.20. The number of rotatable bonds is 9. The smallest absolute Gasteiger partial charge is 0.333 e. The van der Waals surface area contributed by atoms with Gasteiger partial charge in [-0.2, -0.15) is 0 Å². The van der Waals surface area contributed by atoms with Crippen molar-refractivity contribution >= 4 is 5.97 Å². The molecule has 0 aromatic heterocycles. The maximum atomic E-state index is 11.0. The molecule has 0 aromatic carbocycles. The van der Waals surface area contributed by atoms with Crippen LogP contribution in [0, 0.1) is 0 Å². The highest BCUT2D eigenvalue weighted by molar-refractivity contribution is 5.86. The molecule has 0 spiro atoms. The van der Waals surface area contributed by atoms with Crippen molar-refractivity contribution in [1.29, 1.82) is 0 Å². The normalized spacial score (nSPS) is 9.88. The number of esters is 1. The van der Waals surface area contributed by atoms with E-state index in [4.69, 9.17) is 4.74 Å². The van der Waals surface area contributed by atoms with E-state index < -0.39 is 0 Å². The zero-order chi connectivity index (χ0) is 12.4. The summed E-state index contributed by atoms with van der Waals surface area (Å²) in [5.41, 5.74) is 1.80.